The Hall–Kier alpha value is -0.330. The van der Waals surface area contributed by atoms with E-state index in [1.54, 1.807) is 5.71 Å². The predicted octanol–water partition coefficient (Wildman–Crippen LogP) is 2.79. The van der Waals surface area contributed by atoms with Crippen molar-refractivity contribution in [2.45, 2.75) is 41.5 Å². The zero-order valence-corrected chi connectivity index (χ0v) is 10.4. The lowest BCUT2D eigenvalue weighted by molar-refractivity contribution is -0.482. The maximum Gasteiger partial charge on any atom is 0.164 e. The van der Waals surface area contributed by atoms with Crippen molar-refractivity contribution < 1.29 is 4.58 Å². The van der Waals surface area contributed by atoms with E-state index in [1.807, 2.05) is 0 Å². The molecule has 1 rings (SSSR count). The van der Waals surface area contributed by atoms with Crippen molar-refractivity contribution >= 4 is 5.71 Å². The molecule has 0 spiro atoms. The van der Waals surface area contributed by atoms with Crippen LogP contribution in [-0.2, 0) is 0 Å². The van der Waals surface area contributed by atoms with Crippen LogP contribution in [-0.4, -0.2) is 24.4 Å². The number of rotatable bonds is 0. The molecule has 0 radical (unpaired) electrons. The van der Waals surface area contributed by atoms with Crippen LogP contribution < -0.4 is 0 Å². The van der Waals surface area contributed by atoms with Gasteiger partial charge >= 0.3 is 0 Å². The average Bonchev–Trinajstić information content (AvgIpc) is 1.82. The van der Waals surface area contributed by atoms with Crippen molar-refractivity contribution in [1.82, 2.24) is 0 Å². The maximum absolute atomic E-state index is 2.38. The highest BCUT2D eigenvalue weighted by Gasteiger charge is 2.69. The normalized spacial score (nSPS) is 28.2. The smallest absolute Gasteiger partial charge is 0.164 e. The molecule has 0 bridgehead atoms. The highest BCUT2D eigenvalue weighted by Crippen LogP contribution is 2.64. The minimum absolute atomic E-state index is 0.333. The second-order valence-corrected chi connectivity index (χ2v) is 6.12. The molecular weight excluding hydrogens is 158 g/mol. The molecule has 1 nitrogen and oxygen atoms in total. The molecule has 1 heteroatoms. The van der Waals surface area contributed by atoms with Gasteiger partial charge in [-0.05, 0) is 33.1 Å². The second kappa shape index (κ2) is 2.37. The van der Waals surface area contributed by atoms with Crippen LogP contribution in [0.3, 0.4) is 0 Å². The number of hydrogen-bond donors (Lipinski definition) is 0. The lowest BCUT2D eigenvalue weighted by atomic mass is 9.38. The fourth-order valence-corrected chi connectivity index (χ4v) is 3.21. The highest BCUT2D eigenvalue weighted by atomic mass is 15.0. The summed E-state index contributed by atoms with van der Waals surface area (Å²) in [6.07, 6.45) is 0. The molecule has 1 aliphatic carbocycles. The van der Waals surface area contributed by atoms with Crippen LogP contribution in [0.2, 0.25) is 0 Å². The monoisotopic (exact) mass is 182 g/mol. The van der Waals surface area contributed by atoms with Crippen LogP contribution in [0.15, 0.2) is 0 Å². The van der Waals surface area contributed by atoms with Crippen LogP contribution >= 0.6 is 0 Å². The molecule has 0 aromatic rings. The predicted molar refractivity (Wildman–Crippen MR) is 58.5 cm³/mol. The lowest BCUT2D eigenvalue weighted by Gasteiger charge is -2.62. The van der Waals surface area contributed by atoms with Gasteiger partial charge in [0, 0.05) is 0 Å². The Morgan fingerprint density at radius 2 is 1.08 bits per heavy atom. The Bertz CT molecular complexity index is 243. The lowest BCUT2D eigenvalue weighted by Crippen LogP contribution is -2.68. The maximum atomic E-state index is 2.38. The molecule has 1 saturated carbocycles. The van der Waals surface area contributed by atoms with Crippen molar-refractivity contribution in [2.75, 3.05) is 14.1 Å². The minimum Gasteiger partial charge on any atom is -0.241 e. The van der Waals surface area contributed by atoms with E-state index in [1.165, 1.54) is 0 Å². The Balaban J connectivity index is 3.27. The van der Waals surface area contributed by atoms with Gasteiger partial charge in [-0.15, -0.1) is 0 Å². The summed E-state index contributed by atoms with van der Waals surface area (Å²) in [7, 11) is 4.32. The summed E-state index contributed by atoms with van der Waals surface area (Å²) in [6, 6.07) is 0. The van der Waals surface area contributed by atoms with E-state index in [-0.39, 0.29) is 0 Å². The van der Waals surface area contributed by atoms with Crippen molar-refractivity contribution in [3.63, 3.8) is 0 Å². The molecule has 0 heterocycles. The third kappa shape index (κ3) is 0.963. The fourth-order valence-electron chi connectivity index (χ4n) is 3.21. The van der Waals surface area contributed by atoms with Gasteiger partial charge in [-0.1, -0.05) is 13.8 Å². The molecule has 0 unspecified atom stereocenters. The average molecular weight is 182 g/mol. The largest absolute Gasteiger partial charge is 0.241 e. The molecule has 0 aromatic heterocycles. The molecule has 76 valence electrons. The molecule has 0 amide bonds. The van der Waals surface area contributed by atoms with Crippen LogP contribution in [0.25, 0.3) is 0 Å². The Morgan fingerprint density at radius 3 is 1.23 bits per heavy atom. The molecular formula is C12H24N+. The van der Waals surface area contributed by atoms with Gasteiger partial charge in [-0.25, -0.2) is 4.58 Å². The molecule has 1 aliphatic rings. The van der Waals surface area contributed by atoms with Crippen molar-refractivity contribution in [1.29, 1.82) is 0 Å². The van der Waals surface area contributed by atoms with E-state index in [0.717, 1.165) is 0 Å². The summed E-state index contributed by atoms with van der Waals surface area (Å²) in [5, 5.41) is 0. The summed E-state index contributed by atoms with van der Waals surface area (Å²) >= 11 is 0. The standard InChI is InChI=1S/C12H24N/c1-10(2)9(13(7)8)11(3,4)12(10,5)6/h1-8H3/q+1. The van der Waals surface area contributed by atoms with E-state index in [2.05, 4.69) is 60.2 Å². The van der Waals surface area contributed by atoms with Crippen LogP contribution in [0.1, 0.15) is 41.5 Å². The Kier molecular flexibility index (Phi) is 1.96. The Morgan fingerprint density at radius 1 is 0.769 bits per heavy atom. The van der Waals surface area contributed by atoms with Crippen LogP contribution in [0.5, 0.6) is 0 Å². The molecule has 0 aromatic carbocycles. The third-order valence-corrected chi connectivity index (χ3v) is 4.76. The molecule has 0 N–H and O–H groups in total. The topological polar surface area (TPSA) is 3.01 Å². The van der Waals surface area contributed by atoms with Crippen molar-refractivity contribution in [2.24, 2.45) is 16.2 Å². The van der Waals surface area contributed by atoms with E-state index in [4.69, 9.17) is 0 Å². The van der Waals surface area contributed by atoms with E-state index < -0.39 is 0 Å². The van der Waals surface area contributed by atoms with Gasteiger partial charge in [0.25, 0.3) is 0 Å². The van der Waals surface area contributed by atoms with Gasteiger partial charge in [0.1, 0.15) is 14.1 Å². The van der Waals surface area contributed by atoms with E-state index >= 15 is 0 Å². The summed E-state index contributed by atoms with van der Waals surface area (Å²) in [5.41, 5.74) is 2.63. The zero-order chi connectivity index (χ0) is 10.7. The molecule has 0 atom stereocenters. The highest BCUT2D eigenvalue weighted by molar-refractivity contribution is 5.98. The van der Waals surface area contributed by atoms with Gasteiger partial charge in [0.05, 0.1) is 10.8 Å². The molecule has 1 fully saturated rings. The van der Waals surface area contributed by atoms with Crippen molar-refractivity contribution in [3.05, 3.63) is 0 Å². The first-order chi connectivity index (χ1) is 5.57. The third-order valence-electron chi connectivity index (χ3n) is 4.76. The minimum atomic E-state index is 0.333. The molecule has 13 heavy (non-hydrogen) atoms. The second-order valence-electron chi connectivity index (χ2n) is 6.12. The van der Waals surface area contributed by atoms with Gasteiger partial charge in [-0.2, -0.15) is 0 Å². The first kappa shape index (κ1) is 10.7. The summed E-state index contributed by atoms with van der Waals surface area (Å²) in [4.78, 5) is 0. The molecule has 0 saturated heterocycles. The summed E-state index contributed by atoms with van der Waals surface area (Å²) in [5.74, 6) is 0. The quantitative estimate of drug-likeness (QED) is 0.507. The number of hydrogen-bond acceptors (Lipinski definition) is 0. The number of nitrogens with zero attached hydrogens (tertiary/aromatic N) is 1. The SMILES string of the molecule is C[N+](C)=C1C(C)(C)C(C)(C)C1(C)C. The first-order valence-electron chi connectivity index (χ1n) is 5.12. The van der Waals surface area contributed by atoms with Gasteiger partial charge in [-0.3, -0.25) is 0 Å². The van der Waals surface area contributed by atoms with Crippen LogP contribution in [0, 0.1) is 16.2 Å². The van der Waals surface area contributed by atoms with Gasteiger partial charge in [0.15, 0.2) is 5.71 Å². The zero-order valence-electron chi connectivity index (χ0n) is 10.4. The Labute approximate surface area is 82.9 Å². The van der Waals surface area contributed by atoms with Crippen molar-refractivity contribution in [3.8, 4) is 0 Å². The van der Waals surface area contributed by atoms with Gasteiger partial charge < -0.3 is 0 Å². The summed E-state index contributed by atoms with van der Waals surface area (Å²) in [6.45, 7) is 14.2. The van der Waals surface area contributed by atoms with Gasteiger partial charge in [0.2, 0.25) is 0 Å². The fraction of sp³-hybridized carbons (Fsp3) is 0.917. The van der Waals surface area contributed by atoms with E-state index in [0.29, 0.717) is 16.2 Å². The summed E-state index contributed by atoms with van der Waals surface area (Å²) < 4.78 is 2.30. The van der Waals surface area contributed by atoms with Crippen LogP contribution in [0.4, 0.5) is 0 Å². The molecule has 0 aliphatic heterocycles. The first-order valence-corrected chi connectivity index (χ1v) is 5.12. The van der Waals surface area contributed by atoms with E-state index in [9.17, 15) is 0 Å².